The number of rotatable bonds is 5. The highest BCUT2D eigenvalue weighted by Crippen LogP contribution is 2.40. The topological polar surface area (TPSA) is 49.0 Å². The van der Waals surface area contributed by atoms with Crippen LogP contribution in [0.15, 0.2) is 30.3 Å². The van der Waals surface area contributed by atoms with Crippen molar-refractivity contribution in [1.29, 1.82) is 0 Å². The third-order valence-corrected chi connectivity index (χ3v) is 4.80. The normalized spacial score (nSPS) is 19.1. The molecule has 5 nitrogen and oxygen atoms in total. The van der Waals surface area contributed by atoms with Crippen molar-refractivity contribution in [2.75, 3.05) is 28.4 Å². The Hall–Kier alpha value is -2.40. The molecule has 1 N–H and O–H groups in total. The molecule has 0 aromatic heterocycles. The van der Waals surface area contributed by atoms with Crippen LogP contribution in [0.3, 0.4) is 0 Å². The van der Waals surface area contributed by atoms with E-state index in [1.165, 1.54) is 16.7 Å². The zero-order chi connectivity index (χ0) is 18.0. The van der Waals surface area contributed by atoms with E-state index in [4.69, 9.17) is 18.9 Å². The molecule has 3 rings (SSSR count). The highest BCUT2D eigenvalue weighted by atomic mass is 16.5. The van der Waals surface area contributed by atoms with E-state index in [0.717, 1.165) is 29.4 Å². The predicted molar refractivity (Wildman–Crippen MR) is 97.1 cm³/mol. The van der Waals surface area contributed by atoms with Crippen LogP contribution >= 0.6 is 0 Å². The lowest BCUT2D eigenvalue weighted by Crippen LogP contribution is -2.32. The first-order valence-electron chi connectivity index (χ1n) is 8.34. The van der Waals surface area contributed by atoms with Crippen LogP contribution < -0.4 is 24.3 Å². The third-order valence-electron chi connectivity index (χ3n) is 4.80. The Kier molecular flexibility index (Phi) is 5.04. The molecule has 0 amide bonds. The number of benzene rings is 2. The zero-order valence-corrected chi connectivity index (χ0v) is 15.4. The van der Waals surface area contributed by atoms with Crippen LogP contribution in [0.2, 0.25) is 0 Å². The Balaban J connectivity index is 1.95. The first-order chi connectivity index (χ1) is 12.1. The standard InChI is InChI=1S/C20H25NO4/c1-12-15-11-20(25-5)19(24-4)10-14(15)8-16(21-12)13-6-7-17(22-2)18(9-13)23-3/h6-7,9-12,16,21H,8H2,1-5H3. The number of ether oxygens (including phenoxy) is 4. The minimum absolute atomic E-state index is 0.195. The molecule has 5 heteroatoms. The molecule has 0 saturated carbocycles. The SMILES string of the molecule is COc1ccc(C2Cc3cc(OC)c(OC)cc3C(C)N2)cc1OC. The Labute approximate surface area is 148 Å². The second-order valence-electron chi connectivity index (χ2n) is 6.17. The lowest BCUT2D eigenvalue weighted by Gasteiger charge is -2.32. The van der Waals surface area contributed by atoms with Crippen LogP contribution in [0.1, 0.15) is 35.7 Å². The van der Waals surface area contributed by atoms with Crippen LogP contribution in [0.4, 0.5) is 0 Å². The summed E-state index contributed by atoms with van der Waals surface area (Å²) in [6, 6.07) is 10.6. The van der Waals surface area contributed by atoms with Gasteiger partial charge in [-0.3, -0.25) is 0 Å². The molecule has 0 spiro atoms. The molecular weight excluding hydrogens is 318 g/mol. The highest BCUT2D eigenvalue weighted by molar-refractivity contribution is 5.51. The average molecular weight is 343 g/mol. The number of hydrogen-bond acceptors (Lipinski definition) is 5. The van der Waals surface area contributed by atoms with Gasteiger partial charge in [0.25, 0.3) is 0 Å². The summed E-state index contributed by atoms with van der Waals surface area (Å²) in [7, 11) is 6.64. The average Bonchev–Trinajstić information content (AvgIpc) is 2.66. The fourth-order valence-electron chi connectivity index (χ4n) is 3.47. The van der Waals surface area contributed by atoms with Crippen molar-refractivity contribution in [2.24, 2.45) is 0 Å². The Bertz CT molecular complexity index is 760. The molecular formula is C20H25NO4. The Morgan fingerprint density at radius 1 is 0.800 bits per heavy atom. The summed E-state index contributed by atoms with van der Waals surface area (Å²) in [5.41, 5.74) is 3.68. The smallest absolute Gasteiger partial charge is 0.161 e. The number of methoxy groups -OCH3 is 4. The first-order valence-corrected chi connectivity index (χ1v) is 8.34. The summed E-state index contributed by atoms with van der Waals surface area (Å²) in [4.78, 5) is 0. The van der Waals surface area contributed by atoms with E-state index < -0.39 is 0 Å². The largest absolute Gasteiger partial charge is 0.493 e. The molecule has 2 aromatic carbocycles. The molecule has 25 heavy (non-hydrogen) atoms. The third kappa shape index (κ3) is 3.24. The van der Waals surface area contributed by atoms with Gasteiger partial charge >= 0.3 is 0 Å². The fourth-order valence-corrected chi connectivity index (χ4v) is 3.47. The van der Waals surface area contributed by atoms with Crippen molar-refractivity contribution in [3.63, 3.8) is 0 Å². The quantitative estimate of drug-likeness (QED) is 0.898. The van der Waals surface area contributed by atoms with Crippen LogP contribution in [-0.4, -0.2) is 28.4 Å². The molecule has 134 valence electrons. The number of hydrogen-bond donors (Lipinski definition) is 1. The van der Waals surface area contributed by atoms with E-state index in [2.05, 4.69) is 30.4 Å². The van der Waals surface area contributed by atoms with Crippen molar-refractivity contribution < 1.29 is 18.9 Å². The molecule has 0 saturated heterocycles. The number of nitrogens with one attached hydrogen (secondary N) is 1. The van der Waals surface area contributed by atoms with Gasteiger partial charge in [-0.05, 0) is 54.3 Å². The minimum Gasteiger partial charge on any atom is -0.493 e. The van der Waals surface area contributed by atoms with Gasteiger partial charge in [-0.15, -0.1) is 0 Å². The maximum absolute atomic E-state index is 5.46. The molecule has 1 aliphatic rings. The summed E-state index contributed by atoms with van der Waals surface area (Å²) < 4.78 is 21.7. The van der Waals surface area contributed by atoms with Crippen molar-refractivity contribution >= 4 is 0 Å². The Morgan fingerprint density at radius 2 is 1.40 bits per heavy atom. The van der Waals surface area contributed by atoms with E-state index >= 15 is 0 Å². The van der Waals surface area contributed by atoms with E-state index in [9.17, 15) is 0 Å². The van der Waals surface area contributed by atoms with Crippen molar-refractivity contribution in [1.82, 2.24) is 5.32 Å². The minimum atomic E-state index is 0.195. The predicted octanol–water partition coefficient (Wildman–Crippen LogP) is 3.67. The molecule has 0 aliphatic carbocycles. The van der Waals surface area contributed by atoms with E-state index in [1.54, 1.807) is 28.4 Å². The van der Waals surface area contributed by atoms with E-state index in [0.29, 0.717) is 0 Å². The molecule has 2 aromatic rings. The molecule has 1 aliphatic heterocycles. The number of fused-ring (bicyclic) bond motifs is 1. The fraction of sp³-hybridized carbons (Fsp3) is 0.400. The maximum atomic E-state index is 5.46. The lowest BCUT2D eigenvalue weighted by molar-refractivity contribution is 0.348. The summed E-state index contributed by atoms with van der Waals surface area (Å²) in [5, 5.41) is 3.67. The van der Waals surface area contributed by atoms with Crippen LogP contribution in [0.25, 0.3) is 0 Å². The molecule has 2 atom stereocenters. The summed E-state index contributed by atoms with van der Waals surface area (Å²) >= 11 is 0. The van der Waals surface area contributed by atoms with Crippen molar-refractivity contribution in [2.45, 2.75) is 25.4 Å². The van der Waals surface area contributed by atoms with Gasteiger partial charge < -0.3 is 24.3 Å². The maximum Gasteiger partial charge on any atom is 0.161 e. The van der Waals surface area contributed by atoms with E-state index in [1.807, 2.05) is 12.1 Å². The van der Waals surface area contributed by atoms with Gasteiger partial charge in [0.05, 0.1) is 28.4 Å². The second-order valence-corrected chi connectivity index (χ2v) is 6.17. The molecule has 0 radical (unpaired) electrons. The van der Waals surface area contributed by atoms with Gasteiger partial charge in [0.1, 0.15) is 0 Å². The highest BCUT2D eigenvalue weighted by Gasteiger charge is 2.27. The van der Waals surface area contributed by atoms with Crippen LogP contribution in [-0.2, 0) is 6.42 Å². The summed E-state index contributed by atoms with van der Waals surface area (Å²) in [6.07, 6.45) is 0.871. The van der Waals surface area contributed by atoms with Gasteiger partial charge in [0.2, 0.25) is 0 Å². The molecule has 0 bridgehead atoms. The monoisotopic (exact) mass is 343 g/mol. The second kappa shape index (κ2) is 7.23. The van der Waals surface area contributed by atoms with Gasteiger partial charge in [-0.25, -0.2) is 0 Å². The van der Waals surface area contributed by atoms with Crippen molar-refractivity contribution in [3.8, 4) is 23.0 Å². The van der Waals surface area contributed by atoms with Gasteiger partial charge in [-0.1, -0.05) is 6.07 Å². The summed E-state index contributed by atoms with van der Waals surface area (Å²) in [5.74, 6) is 3.01. The van der Waals surface area contributed by atoms with Crippen LogP contribution in [0, 0.1) is 0 Å². The van der Waals surface area contributed by atoms with Crippen molar-refractivity contribution in [3.05, 3.63) is 47.0 Å². The van der Waals surface area contributed by atoms with E-state index in [-0.39, 0.29) is 12.1 Å². The van der Waals surface area contributed by atoms with Gasteiger partial charge in [-0.2, -0.15) is 0 Å². The molecule has 0 fully saturated rings. The Morgan fingerprint density at radius 3 is 2.04 bits per heavy atom. The zero-order valence-electron chi connectivity index (χ0n) is 15.4. The van der Waals surface area contributed by atoms with Gasteiger partial charge in [0.15, 0.2) is 23.0 Å². The van der Waals surface area contributed by atoms with Gasteiger partial charge in [0, 0.05) is 12.1 Å². The molecule has 1 heterocycles. The lowest BCUT2D eigenvalue weighted by atomic mass is 9.87. The van der Waals surface area contributed by atoms with Crippen LogP contribution in [0.5, 0.6) is 23.0 Å². The molecule has 2 unspecified atom stereocenters. The first kappa shape index (κ1) is 17.4. The summed E-state index contributed by atoms with van der Waals surface area (Å²) in [6.45, 7) is 2.16.